The lowest BCUT2D eigenvalue weighted by atomic mass is 9.96. The summed E-state index contributed by atoms with van der Waals surface area (Å²) in [5, 5.41) is 3.89. The van der Waals surface area contributed by atoms with Gasteiger partial charge in [0.2, 0.25) is 11.8 Å². The first-order valence-corrected chi connectivity index (χ1v) is 10.5. The molecule has 2 aliphatic rings. The number of aromatic nitrogens is 1. The molecule has 1 aromatic heterocycles. The Hall–Kier alpha value is -2.34. The molecule has 0 unspecified atom stereocenters. The molecule has 4 rings (SSSR count). The fourth-order valence-electron chi connectivity index (χ4n) is 4.29. The number of fused-ring (bicyclic) bond motifs is 3. The van der Waals surface area contributed by atoms with Crippen LogP contribution >= 0.6 is 0 Å². The van der Waals surface area contributed by atoms with Crippen LogP contribution in [0.4, 0.5) is 0 Å². The number of carbonyl (C=O) groups excluding carboxylic acids is 2. The van der Waals surface area contributed by atoms with E-state index in [-0.39, 0.29) is 11.8 Å². The lowest BCUT2D eigenvalue weighted by Gasteiger charge is -2.31. The van der Waals surface area contributed by atoms with E-state index in [2.05, 4.69) is 17.1 Å². The number of piperidine rings is 1. The number of hydrogen-bond donors (Lipinski definition) is 1. The minimum Gasteiger partial charge on any atom is -0.477 e. The van der Waals surface area contributed by atoms with Gasteiger partial charge in [-0.15, -0.1) is 0 Å². The smallest absolute Gasteiger partial charge is 0.257 e. The van der Waals surface area contributed by atoms with Crippen molar-refractivity contribution in [3.8, 4) is 5.88 Å². The highest BCUT2D eigenvalue weighted by molar-refractivity contribution is 6.12. The van der Waals surface area contributed by atoms with Crippen LogP contribution in [0, 0.1) is 5.92 Å². The maximum absolute atomic E-state index is 13.0. The highest BCUT2D eigenvalue weighted by Crippen LogP contribution is 2.34. The van der Waals surface area contributed by atoms with Gasteiger partial charge >= 0.3 is 0 Å². The molecule has 1 amide bonds. The predicted octanol–water partition coefficient (Wildman–Crippen LogP) is 3.31. The molecule has 0 atom stereocenters. The molecule has 1 saturated heterocycles. The van der Waals surface area contributed by atoms with Crippen molar-refractivity contribution in [3.05, 3.63) is 29.8 Å². The van der Waals surface area contributed by atoms with E-state index in [4.69, 9.17) is 4.74 Å². The minimum absolute atomic E-state index is 0.0176. The van der Waals surface area contributed by atoms with Crippen LogP contribution in [0.5, 0.6) is 5.88 Å². The van der Waals surface area contributed by atoms with Gasteiger partial charge in [0.25, 0.3) is 5.91 Å². The van der Waals surface area contributed by atoms with Crippen LogP contribution in [-0.4, -0.2) is 54.1 Å². The van der Waals surface area contributed by atoms with Crippen LogP contribution in [0.2, 0.25) is 0 Å². The van der Waals surface area contributed by atoms with Crippen molar-refractivity contribution in [2.45, 2.75) is 39.0 Å². The highest BCUT2D eigenvalue weighted by atomic mass is 16.5. The molecule has 150 valence electrons. The number of nitrogens with one attached hydrogen (secondary N) is 1. The monoisotopic (exact) mass is 383 g/mol. The van der Waals surface area contributed by atoms with Gasteiger partial charge < -0.3 is 15.0 Å². The van der Waals surface area contributed by atoms with E-state index in [1.165, 1.54) is 19.4 Å². The molecule has 0 saturated carbocycles. The standard InChI is InChI=1S/C22H29N3O3/c1-2-3-11-24-12-8-16(9-13-24)15-23-21(27)20-17-6-4-5-7-18(17)25-19(26)10-14-28-22(20)25/h4-7,16H,2-3,8-15H2,1H3,(H,23,27). The van der Waals surface area contributed by atoms with Gasteiger partial charge in [0, 0.05) is 11.9 Å². The summed E-state index contributed by atoms with van der Waals surface area (Å²) in [4.78, 5) is 27.9. The number of amides is 1. The molecule has 2 aromatic rings. The molecule has 1 fully saturated rings. The molecular formula is C22H29N3O3. The van der Waals surface area contributed by atoms with E-state index in [1.54, 1.807) is 4.57 Å². The van der Waals surface area contributed by atoms with Gasteiger partial charge in [-0.2, -0.15) is 0 Å². The van der Waals surface area contributed by atoms with E-state index < -0.39 is 0 Å². The van der Waals surface area contributed by atoms with Crippen molar-refractivity contribution in [1.82, 2.24) is 14.8 Å². The van der Waals surface area contributed by atoms with Crippen molar-refractivity contribution < 1.29 is 14.3 Å². The third kappa shape index (κ3) is 3.65. The molecule has 1 aromatic carbocycles. The van der Waals surface area contributed by atoms with E-state index in [0.717, 1.165) is 36.8 Å². The van der Waals surface area contributed by atoms with Gasteiger partial charge in [-0.05, 0) is 50.9 Å². The number of benzene rings is 1. The molecule has 3 heterocycles. The van der Waals surface area contributed by atoms with Crippen LogP contribution in [0.25, 0.3) is 10.9 Å². The number of unbranched alkanes of at least 4 members (excludes halogenated alkanes) is 1. The van der Waals surface area contributed by atoms with Crippen molar-refractivity contribution in [2.24, 2.45) is 5.92 Å². The van der Waals surface area contributed by atoms with E-state index in [1.807, 2.05) is 24.3 Å². The summed E-state index contributed by atoms with van der Waals surface area (Å²) in [7, 11) is 0. The van der Waals surface area contributed by atoms with Gasteiger partial charge in [-0.1, -0.05) is 31.5 Å². The Bertz CT molecular complexity index is 865. The van der Waals surface area contributed by atoms with E-state index >= 15 is 0 Å². The summed E-state index contributed by atoms with van der Waals surface area (Å²) in [5.74, 6) is 0.738. The highest BCUT2D eigenvalue weighted by Gasteiger charge is 2.30. The van der Waals surface area contributed by atoms with Crippen molar-refractivity contribution in [1.29, 1.82) is 0 Å². The quantitative estimate of drug-likeness (QED) is 0.831. The molecule has 28 heavy (non-hydrogen) atoms. The fraction of sp³-hybridized carbons (Fsp3) is 0.545. The van der Waals surface area contributed by atoms with Crippen LogP contribution in [0.1, 0.15) is 54.2 Å². The summed E-state index contributed by atoms with van der Waals surface area (Å²) >= 11 is 0. The normalized spacial score (nSPS) is 18.1. The number of nitrogens with zero attached hydrogens (tertiary/aromatic N) is 2. The third-order valence-electron chi connectivity index (χ3n) is 5.95. The summed E-state index contributed by atoms with van der Waals surface area (Å²) in [6.45, 7) is 6.64. The first kappa shape index (κ1) is 19.0. The topological polar surface area (TPSA) is 63.6 Å². The lowest BCUT2D eigenvalue weighted by molar-refractivity contribution is 0.0823. The lowest BCUT2D eigenvalue weighted by Crippen LogP contribution is -2.39. The first-order valence-electron chi connectivity index (χ1n) is 10.5. The molecular weight excluding hydrogens is 354 g/mol. The Kier molecular flexibility index (Phi) is 5.67. The third-order valence-corrected chi connectivity index (χ3v) is 5.95. The number of rotatable bonds is 6. The van der Waals surface area contributed by atoms with E-state index in [9.17, 15) is 9.59 Å². The molecule has 6 heteroatoms. The SMILES string of the molecule is CCCCN1CCC(CNC(=O)c2c3n(c4ccccc24)C(=O)CCO3)CC1. The largest absolute Gasteiger partial charge is 0.477 e. The van der Waals surface area contributed by atoms with E-state index in [0.29, 0.717) is 36.9 Å². The zero-order valence-electron chi connectivity index (χ0n) is 16.6. The Labute approximate surface area is 165 Å². The minimum atomic E-state index is -0.145. The van der Waals surface area contributed by atoms with Crippen LogP contribution in [-0.2, 0) is 0 Å². The predicted molar refractivity (Wildman–Crippen MR) is 109 cm³/mol. The summed E-state index contributed by atoms with van der Waals surface area (Å²) in [5.41, 5.74) is 1.24. The molecule has 6 nitrogen and oxygen atoms in total. The van der Waals surface area contributed by atoms with Crippen LogP contribution < -0.4 is 10.1 Å². The van der Waals surface area contributed by atoms with Crippen molar-refractivity contribution in [3.63, 3.8) is 0 Å². The maximum Gasteiger partial charge on any atom is 0.257 e. The zero-order valence-corrected chi connectivity index (χ0v) is 16.6. The molecule has 0 radical (unpaired) electrons. The van der Waals surface area contributed by atoms with Crippen molar-refractivity contribution in [2.75, 3.05) is 32.8 Å². The van der Waals surface area contributed by atoms with Gasteiger partial charge in [-0.25, -0.2) is 4.57 Å². The average molecular weight is 383 g/mol. The second-order valence-corrected chi connectivity index (χ2v) is 7.87. The maximum atomic E-state index is 13.0. The Balaban J connectivity index is 1.45. The van der Waals surface area contributed by atoms with Crippen LogP contribution in [0.15, 0.2) is 24.3 Å². The second kappa shape index (κ2) is 8.35. The fourth-order valence-corrected chi connectivity index (χ4v) is 4.29. The summed E-state index contributed by atoms with van der Waals surface area (Å²) < 4.78 is 7.30. The first-order chi connectivity index (χ1) is 13.7. The molecule has 0 spiro atoms. The average Bonchev–Trinajstić information content (AvgIpc) is 3.07. The number of hydrogen-bond acceptors (Lipinski definition) is 4. The number of ether oxygens (including phenoxy) is 1. The number of para-hydroxylation sites is 1. The molecule has 0 aliphatic carbocycles. The number of carbonyl (C=O) groups is 2. The molecule has 2 aliphatic heterocycles. The van der Waals surface area contributed by atoms with Gasteiger partial charge in [0.15, 0.2) is 0 Å². The Morgan fingerprint density at radius 2 is 2.04 bits per heavy atom. The molecule has 1 N–H and O–H groups in total. The zero-order chi connectivity index (χ0) is 19.5. The van der Waals surface area contributed by atoms with Gasteiger partial charge in [-0.3, -0.25) is 9.59 Å². The van der Waals surface area contributed by atoms with Crippen molar-refractivity contribution >= 4 is 22.7 Å². The second-order valence-electron chi connectivity index (χ2n) is 7.87. The summed E-state index contributed by atoms with van der Waals surface area (Å²) in [6.07, 6.45) is 5.06. The van der Waals surface area contributed by atoms with Crippen LogP contribution in [0.3, 0.4) is 0 Å². The summed E-state index contributed by atoms with van der Waals surface area (Å²) in [6, 6.07) is 7.53. The Morgan fingerprint density at radius 1 is 1.25 bits per heavy atom. The Morgan fingerprint density at radius 3 is 2.82 bits per heavy atom. The van der Waals surface area contributed by atoms with Gasteiger partial charge in [0.05, 0.1) is 18.5 Å². The number of likely N-dealkylation sites (tertiary alicyclic amines) is 1. The molecule has 0 bridgehead atoms. The van der Waals surface area contributed by atoms with Gasteiger partial charge in [0.1, 0.15) is 5.56 Å².